The van der Waals surface area contributed by atoms with E-state index in [-0.39, 0.29) is 0 Å². The molecule has 1 aliphatic rings. The highest BCUT2D eigenvalue weighted by Crippen LogP contribution is 2.32. The van der Waals surface area contributed by atoms with Gasteiger partial charge >= 0.3 is 0 Å². The van der Waals surface area contributed by atoms with Gasteiger partial charge in [-0.15, -0.1) is 0 Å². The summed E-state index contributed by atoms with van der Waals surface area (Å²) in [6, 6.07) is 6.19. The smallest absolute Gasteiger partial charge is 0.0746 e. The quantitative estimate of drug-likeness (QED) is 0.867. The number of methoxy groups -OCH3 is 1. The van der Waals surface area contributed by atoms with Crippen LogP contribution in [0, 0.1) is 5.92 Å². The van der Waals surface area contributed by atoms with Crippen LogP contribution in [0.4, 0.5) is 5.69 Å². The minimum atomic E-state index is 0.312. The molecule has 118 valence electrons. The monoisotopic (exact) mass is 310 g/mol. The Hall–Kier alpha value is -0.770. The summed E-state index contributed by atoms with van der Waals surface area (Å²) in [4.78, 5) is 2.38. The van der Waals surface area contributed by atoms with Crippen molar-refractivity contribution in [3.63, 3.8) is 0 Å². The zero-order valence-corrected chi connectivity index (χ0v) is 14.1. The maximum Gasteiger partial charge on any atom is 0.0746 e. The van der Waals surface area contributed by atoms with Crippen LogP contribution in [0.2, 0.25) is 5.02 Å². The Kier molecular flexibility index (Phi) is 6.34. The van der Waals surface area contributed by atoms with Crippen molar-refractivity contribution in [3.05, 3.63) is 28.8 Å². The molecule has 1 aliphatic heterocycles. The maximum absolute atomic E-state index is 6.48. The number of piperidine rings is 1. The van der Waals surface area contributed by atoms with E-state index in [2.05, 4.69) is 30.1 Å². The number of nitrogens with zero attached hydrogens (tertiary/aromatic N) is 1. The highest BCUT2D eigenvalue weighted by molar-refractivity contribution is 6.33. The van der Waals surface area contributed by atoms with E-state index >= 15 is 0 Å². The molecule has 0 radical (unpaired) electrons. The van der Waals surface area contributed by atoms with Crippen LogP contribution < -0.4 is 10.2 Å². The van der Waals surface area contributed by atoms with Crippen molar-refractivity contribution in [2.24, 2.45) is 5.92 Å². The number of nitrogens with one attached hydrogen (secondary N) is 1. The average molecular weight is 311 g/mol. The number of rotatable bonds is 6. The van der Waals surface area contributed by atoms with E-state index in [1.54, 1.807) is 7.11 Å². The SMILES string of the molecule is COC1CCCN(c2c(Cl)cccc2CNCC(C)C)C1. The number of hydrogen-bond acceptors (Lipinski definition) is 3. The first-order valence-electron chi connectivity index (χ1n) is 7.87. The van der Waals surface area contributed by atoms with E-state index in [0.29, 0.717) is 12.0 Å². The molecular weight excluding hydrogens is 284 g/mol. The minimum Gasteiger partial charge on any atom is -0.380 e. The molecule has 0 spiro atoms. The number of benzene rings is 1. The van der Waals surface area contributed by atoms with Gasteiger partial charge in [0.2, 0.25) is 0 Å². The molecule has 0 amide bonds. The molecule has 0 aromatic heterocycles. The van der Waals surface area contributed by atoms with Gasteiger partial charge in [0.1, 0.15) is 0 Å². The molecule has 1 atom stereocenters. The summed E-state index contributed by atoms with van der Waals surface area (Å²) in [5, 5.41) is 4.36. The molecule has 1 N–H and O–H groups in total. The first-order valence-corrected chi connectivity index (χ1v) is 8.25. The molecule has 4 heteroatoms. The van der Waals surface area contributed by atoms with Crippen molar-refractivity contribution in [2.75, 3.05) is 31.6 Å². The molecule has 1 saturated heterocycles. The van der Waals surface area contributed by atoms with Gasteiger partial charge in [-0.2, -0.15) is 0 Å². The standard InChI is InChI=1S/C17H27ClN2O/c1-13(2)10-19-11-14-6-4-8-16(18)17(14)20-9-5-7-15(12-20)21-3/h4,6,8,13,15,19H,5,7,9-12H2,1-3H3. The second-order valence-corrected chi connectivity index (χ2v) is 6.63. The minimum absolute atomic E-state index is 0.312. The van der Waals surface area contributed by atoms with Gasteiger partial charge in [0, 0.05) is 26.7 Å². The van der Waals surface area contributed by atoms with Crippen LogP contribution >= 0.6 is 11.6 Å². The third-order valence-electron chi connectivity index (χ3n) is 3.97. The second-order valence-electron chi connectivity index (χ2n) is 6.22. The van der Waals surface area contributed by atoms with E-state index in [4.69, 9.17) is 16.3 Å². The molecule has 1 unspecified atom stereocenters. The van der Waals surface area contributed by atoms with Crippen molar-refractivity contribution in [2.45, 2.75) is 39.3 Å². The summed E-state index contributed by atoms with van der Waals surface area (Å²) in [7, 11) is 1.80. The molecule has 1 aromatic carbocycles. The molecule has 1 heterocycles. The van der Waals surface area contributed by atoms with Crippen LogP contribution in [0.1, 0.15) is 32.3 Å². The molecule has 2 rings (SSSR count). The molecule has 1 aromatic rings. The van der Waals surface area contributed by atoms with Crippen molar-refractivity contribution in [1.82, 2.24) is 5.32 Å². The molecule has 0 bridgehead atoms. The van der Waals surface area contributed by atoms with Crippen molar-refractivity contribution >= 4 is 17.3 Å². The summed E-state index contributed by atoms with van der Waals surface area (Å²) in [6.07, 6.45) is 2.60. The van der Waals surface area contributed by atoms with Gasteiger partial charge in [0.05, 0.1) is 16.8 Å². The summed E-state index contributed by atoms with van der Waals surface area (Å²) < 4.78 is 5.53. The molecule has 0 aliphatic carbocycles. The van der Waals surface area contributed by atoms with E-state index in [0.717, 1.165) is 44.0 Å². The fraction of sp³-hybridized carbons (Fsp3) is 0.647. The molecule has 0 saturated carbocycles. The number of halogens is 1. The number of para-hydroxylation sites is 1. The number of hydrogen-bond donors (Lipinski definition) is 1. The molecule has 1 fully saturated rings. The first kappa shape index (κ1) is 16.6. The third-order valence-corrected chi connectivity index (χ3v) is 4.27. The predicted octanol–water partition coefficient (Wildman–Crippen LogP) is 3.70. The van der Waals surface area contributed by atoms with Crippen LogP contribution in [0.3, 0.4) is 0 Å². The highest BCUT2D eigenvalue weighted by atomic mass is 35.5. The molecule has 21 heavy (non-hydrogen) atoms. The Bertz CT molecular complexity index is 450. The van der Waals surface area contributed by atoms with E-state index in [9.17, 15) is 0 Å². The lowest BCUT2D eigenvalue weighted by molar-refractivity contribution is 0.0893. The molecule has 3 nitrogen and oxygen atoms in total. The zero-order valence-electron chi connectivity index (χ0n) is 13.4. The second kappa shape index (κ2) is 8.02. The summed E-state index contributed by atoms with van der Waals surface area (Å²) >= 11 is 6.48. The first-order chi connectivity index (χ1) is 10.1. The van der Waals surface area contributed by atoms with Crippen LogP contribution in [0.25, 0.3) is 0 Å². The Morgan fingerprint density at radius 1 is 1.43 bits per heavy atom. The van der Waals surface area contributed by atoms with Gasteiger partial charge in [0.15, 0.2) is 0 Å². The lowest BCUT2D eigenvalue weighted by atomic mass is 10.0. The maximum atomic E-state index is 6.48. The van der Waals surface area contributed by atoms with E-state index in [1.165, 1.54) is 11.3 Å². The summed E-state index contributed by atoms with van der Waals surface area (Å²) in [5.74, 6) is 0.653. The molecular formula is C17H27ClN2O. The van der Waals surface area contributed by atoms with E-state index in [1.807, 2.05) is 12.1 Å². The van der Waals surface area contributed by atoms with Gasteiger partial charge in [-0.1, -0.05) is 37.6 Å². The van der Waals surface area contributed by atoms with E-state index < -0.39 is 0 Å². The zero-order chi connectivity index (χ0) is 15.2. The topological polar surface area (TPSA) is 24.5 Å². The van der Waals surface area contributed by atoms with Gasteiger partial charge in [-0.3, -0.25) is 0 Å². The third kappa shape index (κ3) is 4.60. The van der Waals surface area contributed by atoms with Crippen molar-refractivity contribution in [3.8, 4) is 0 Å². The van der Waals surface area contributed by atoms with Crippen LogP contribution in [0.5, 0.6) is 0 Å². The van der Waals surface area contributed by atoms with Gasteiger partial charge < -0.3 is 15.0 Å². The average Bonchev–Trinajstić information content (AvgIpc) is 2.47. The predicted molar refractivity (Wildman–Crippen MR) is 90.2 cm³/mol. The lowest BCUT2D eigenvalue weighted by Crippen LogP contribution is -2.40. The number of ether oxygens (including phenoxy) is 1. The lowest BCUT2D eigenvalue weighted by Gasteiger charge is -2.35. The van der Waals surface area contributed by atoms with Crippen LogP contribution in [-0.2, 0) is 11.3 Å². The summed E-state index contributed by atoms with van der Waals surface area (Å²) in [5.41, 5.74) is 2.46. The van der Waals surface area contributed by atoms with Crippen LogP contribution in [0.15, 0.2) is 18.2 Å². The number of anilines is 1. The summed E-state index contributed by atoms with van der Waals surface area (Å²) in [6.45, 7) is 8.31. The fourth-order valence-corrected chi connectivity index (χ4v) is 3.20. The van der Waals surface area contributed by atoms with Gasteiger partial charge in [0.25, 0.3) is 0 Å². The Labute approximate surface area is 133 Å². The van der Waals surface area contributed by atoms with Gasteiger partial charge in [-0.05, 0) is 36.9 Å². The normalized spacial score (nSPS) is 19.3. The van der Waals surface area contributed by atoms with Crippen molar-refractivity contribution < 1.29 is 4.74 Å². The highest BCUT2D eigenvalue weighted by Gasteiger charge is 2.23. The van der Waals surface area contributed by atoms with Gasteiger partial charge in [-0.25, -0.2) is 0 Å². The van der Waals surface area contributed by atoms with Crippen molar-refractivity contribution in [1.29, 1.82) is 0 Å². The largest absolute Gasteiger partial charge is 0.380 e. The Balaban J connectivity index is 2.13. The Morgan fingerprint density at radius 3 is 2.95 bits per heavy atom. The Morgan fingerprint density at radius 2 is 2.24 bits per heavy atom. The van der Waals surface area contributed by atoms with Crippen LogP contribution in [-0.4, -0.2) is 32.8 Å². The fourth-order valence-electron chi connectivity index (χ4n) is 2.89.